The van der Waals surface area contributed by atoms with Gasteiger partial charge in [-0.2, -0.15) is 5.26 Å². The summed E-state index contributed by atoms with van der Waals surface area (Å²) in [6.07, 6.45) is 0.624. The zero-order valence-corrected chi connectivity index (χ0v) is 11.2. The van der Waals surface area contributed by atoms with E-state index in [2.05, 4.69) is 16.7 Å². The average molecular weight is 266 g/mol. The molecule has 0 fully saturated rings. The number of benzene rings is 1. The van der Waals surface area contributed by atoms with Crippen LogP contribution < -0.4 is 10.6 Å². The fourth-order valence-electron chi connectivity index (χ4n) is 1.51. The van der Waals surface area contributed by atoms with Crippen LogP contribution in [0, 0.1) is 17.2 Å². The lowest BCUT2D eigenvalue weighted by atomic mass is 10.1. The highest BCUT2D eigenvalue weighted by Crippen LogP contribution is 2.14. The third kappa shape index (κ3) is 5.07. The van der Waals surface area contributed by atoms with Crippen LogP contribution in [0.5, 0.6) is 0 Å². The summed E-state index contributed by atoms with van der Waals surface area (Å²) in [5.74, 6) is 0.348. The fraction of sp³-hybridized carbons (Fsp3) is 0.385. The SMILES string of the molecule is CC(C)CC(C#N)NC(=O)Nc1cccc(Cl)c1. The predicted molar refractivity (Wildman–Crippen MR) is 72.5 cm³/mol. The topological polar surface area (TPSA) is 64.9 Å². The smallest absolute Gasteiger partial charge is 0.320 e. The van der Waals surface area contributed by atoms with Crippen LogP contribution in [0.2, 0.25) is 5.02 Å². The second-order valence-electron chi connectivity index (χ2n) is 4.42. The van der Waals surface area contributed by atoms with Gasteiger partial charge in [0.15, 0.2) is 0 Å². The molecule has 4 nitrogen and oxygen atoms in total. The molecule has 1 rings (SSSR count). The van der Waals surface area contributed by atoms with Gasteiger partial charge in [-0.3, -0.25) is 0 Å². The molecule has 0 spiro atoms. The van der Waals surface area contributed by atoms with Crippen LogP contribution in [-0.2, 0) is 0 Å². The summed E-state index contributed by atoms with van der Waals surface area (Å²) in [5, 5.41) is 14.7. The third-order valence-electron chi connectivity index (χ3n) is 2.25. The quantitative estimate of drug-likeness (QED) is 0.876. The molecule has 96 valence electrons. The molecule has 0 saturated carbocycles. The summed E-state index contributed by atoms with van der Waals surface area (Å²) in [5.41, 5.74) is 0.598. The lowest BCUT2D eigenvalue weighted by Gasteiger charge is -2.14. The van der Waals surface area contributed by atoms with E-state index >= 15 is 0 Å². The lowest BCUT2D eigenvalue weighted by molar-refractivity contribution is 0.249. The van der Waals surface area contributed by atoms with Gasteiger partial charge in [-0.15, -0.1) is 0 Å². The third-order valence-corrected chi connectivity index (χ3v) is 2.49. The van der Waals surface area contributed by atoms with Gasteiger partial charge in [0.05, 0.1) is 6.07 Å². The van der Waals surface area contributed by atoms with Gasteiger partial charge in [0.25, 0.3) is 0 Å². The minimum Gasteiger partial charge on any atom is -0.322 e. The van der Waals surface area contributed by atoms with Gasteiger partial charge in [-0.05, 0) is 30.5 Å². The van der Waals surface area contributed by atoms with Gasteiger partial charge in [0, 0.05) is 10.7 Å². The van der Waals surface area contributed by atoms with E-state index in [1.54, 1.807) is 24.3 Å². The Labute approximate surface area is 112 Å². The van der Waals surface area contributed by atoms with Crippen molar-refractivity contribution >= 4 is 23.3 Å². The van der Waals surface area contributed by atoms with Crippen LogP contribution in [0.15, 0.2) is 24.3 Å². The largest absolute Gasteiger partial charge is 0.322 e. The zero-order valence-electron chi connectivity index (χ0n) is 10.4. The Morgan fingerprint density at radius 3 is 2.78 bits per heavy atom. The summed E-state index contributed by atoms with van der Waals surface area (Å²) in [7, 11) is 0. The lowest BCUT2D eigenvalue weighted by Crippen LogP contribution is -2.37. The fourth-order valence-corrected chi connectivity index (χ4v) is 1.70. The van der Waals surface area contributed by atoms with Crippen LogP contribution in [0.25, 0.3) is 0 Å². The molecular formula is C13H16ClN3O. The van der Waals surface area contributed by atoms with Gasteiger partial charge in [-0.25, -0.2) is 4.79 Å². The van der Waals surface area contributed by atoms with Gasteiger partial charge in [-0.1, -0.05) is 31.5 Å². The minimum atomic E-state index is -0.482. The number of halogens is 1. The van der Waals surface area contributed by atoms with E-state index in [0.717, 1.165) is 0 Å². The Balaban J connectivity index is 2.53. The molecule has 0 bridgehead atoms. The van der Waals surface area contributed by atoms with Crippen molar-refractivity contribution in [1.29, 1.82) is 5.26 Å². The molecule has 1 atom stereocenters. The maximum atomic E-state index is 11.7. The van der Waals surface area contributed by atoms with Gasteiger partial charge >= 0.3 is 6.03 Å². The molecule has 18 heavy (non-hydrogen) atoms. The number of nitrogens with zero attached hydrogens (tertiary/aromatic N) is 1. The maximum absolute atomic E-state index is 11.7. The van der Waals surface area contributed by atoms with Crippen LogP contribution in [-0.4, -0.2) is 12.1 Å². The van der Waals surface area contributed by atoms with Crippen molar-refractivity contribution in [2.24, 2.45) is 5.92 Å². The number of rotatable bonds is 4. The van der Waals surface area contributed by atoms with E-state index in [9.17, 15) is 4.79 Å². The van der Waals surface area contributed by atoms with Gasteiger partial charge in [0.2, 0.25) is 0 Å². The molecule has 0 saturated heterocycles. The van der Waals surface area contributed by atoms with E-state index in [1.165, 1.54) is 0 Å². The predicted octanol–water partition coefficient (Wildman–Crippen LogP) is 3.40. The number of hydrogen-bond acceptors (Lipinski definition) is 2. The number of nitrogens with one attached hydrogen (secondary N) is 2. The highest BCUT2D eigenvalue weighted by Gasteiger charge is 2.12. The molecule has 1 aromatic rings. The molecule has 1 aromatic carbocycles. The van der Waals surface area contributed by atoms with E-state index in [0.29, 0.717) is 23.0 Å². The second kappa shape index (κ2) is 6.87. The van der Waals surface area contributed by atoms with Crippen molar-refractivity contribution in [3.05, 3.63) is 29.3 Å². The summed E-state index contributed by atoms with van der Waals surface area (Å²) < 4.78 is 0. The number of carbonyl (C=O) groups excluding carboxylic acids is 1. The summed E-state index contributed by atoms with van der Waals surface area (Å²) in [4.78, 5) is 11.7. The normalized spacial score (nSPS) is 11.7. The first-order valence-corrected chi connectivity index (χ1v) is 6.11. The number of hydrogen-bond donors (Lipinski definition) is 2. The van der Waals surface area contributed by atoms with Crippen LogP contribution in [0.1, 0.15) is 20.3 Å². The van der Waals surface area contributed by atoms with E-state index in [1.807, 2.05) is 13.8 Å². The van der Waals surface area contributed by atoms with Crippen LogP contribution in [0.4, 0.5) is 10.5 Å². The molecule has 0 heterocycles. The molecule has 0 aliphatic carbocycles. The first-order chi connectivity index (χ1) is 8.51. The molecule has 0 radical (unpaired) electrons. The van der Waals surface area contributed by atoms with Gasteiger partial charge in [0.1, 0.15) is 6.04 Å². The minimum absolute atomic E-state index is 0.348. The van der Waals surface area contributed by atoms with Crippen molar-refractivity contribution in [2.45, 2.75) is 26.3 Å². The first kappa shape index (κ1) is 14.3. The molecule has 0 aliphatic heterocycles. The second-order valence-corrected chi connectivity index (χ2v) is 4.86. The zero-order chi connectivity index (χ0) is 13.5. The van der Waals surface area contributed by atoms with Crippen molar-refractivity contribution in [2.75, 3.05) is 5.32 Å². The summed E-state index contributed by atoms with van der Waals surface area (Å²) in [6.45, 7) is 4.00. The number of anilines is 1. The summed E-state index contributed by atoms with van der Waals surface area (Å²) in [6, 6.07) is 8.03. The van der Waals surface area contributed by atoms with Crippen LogP contribution in [0.3, 0.4) is 0 Å². The molecule has 2 amide bonds. The maximum Gasteiger partial charge on any atom is 0.320 e. The molecule has 5 heteroatoms. The number of urea groups is 1. The Hall–Kier alpha value is -1.73. The van der Waals surface area contributed by atoms with Crippen LogP contribution >= 0.6 is 11.6 Å². The Bertz CT molecular complexity index is 454. The van der Waals surface area contributed by atoms with Gasteiger partial charge < -0.3 is 10.6 Å². The Morgan fingerprint density at radius 1 is 1.50 bits per heavy atom. The number of carbonyl (C=O) groups is 1. The van der Waals surface area contributed by atoms with Crippen molar-refractivity contribution in [3.63, 3.8) is 0 Å². The molecular weight excluding hydrogens is 250 g/mol. The van der Waals surface area contributed by atoms with E-state index in [-0.39, 0.29) is 0 Å². The molecule has 0 aliphatic rings. The van der Waals surface area contributed by atoms with E-state index in [4.69, 9.17) is 16.9 Å². The molecule has 1 unspecified atom stereocenters. The number of nitriles is 1. The average Bonchev–Trinajstić information content (AvgIpc) is 2.27. The van der Waals surface area contributed by atoms with Crippen molar-refractivity contribution in [1.82, 2.24) is 5.32 Å². The standard InChI is InChI=1S/C13H16ClN3O/c1-9(2)6-12(8-15)17-13(18)16-11-5-3-4-10(14)7-11/h3-5,7,9,12H,6H2,1-2H3,(H2,16,17,18). The highest BCUT2D eigenvalue weighted by atomic mass is 35.5. The highest BCUT2D eigenvalue weighted by molar-refractivity contribution is 6.30. The van der Waals surface area contributed by atoms with Crippen molar-refractivity contribution in [3.8, 4) is 6.07 Å². The first-order valence-electron chi connectivity index (χ1n) is 5.74. The number of amides is 2. The van der Waals surface area contributed by atoms with E-state index < -0.39 is 12.1 Å². The summed E-state index contributed by atoms with van der Waals surface area (Å²) >= 11 is 5.81. The Morgan fingerprint density at radius 2 is 2.22 bits per heavy atom. The molecule has 2 N–H and O–H groups in total. The molecule has 0 aromatic heterocycles. The van der Waals surface area contributed by atoms with Crippen molar-refractivity contribution < 1.29 is 4.79 Å². The monoisotopic (exact) mass is 265 g/mol. The Kier molecular flexibility index (Phi) is 5.47.